The van der Waals surface area contributed by atoms with Crippen molar-refractivity contribution in [3.05, 3.63) is 33.7 Å². The van der Waals surface area contributed by atoms with Crippen LogP contribution in [0.4, 0.5) is 5.82 Å². The Morgan fingerprint density at radius 3 is 2.68 bits per heavy atom. The maximum Gasteiger partial charge on any atom is 0.134 e. The lowest BCUT2D eigenvalue weighted by Crippen LogP contribution is -2.29. The molecule has 0 aromatic carbocycles. The Morgan fingerprint density at radius 2 is 1.92 bits per heavy atom. The van der Waals surface area contributed by atoms with Gasteiger partial charge in [0.25, 0.3) is 0 Å². The molecule has 2 fully saturated rings. The van der Waals surface area contributed by atoms with E-state index in [1.807, 2.05) is 17.5 Å². The molecule has 0 amide bonds. The van der Waals surface area contributed by atoms with Gasteiger partial charge in [-0.05, 0) is 44.4 Å². The summed E-state index contributed by atoms with van der Waals surface area (Å²) in [5.41, 5.74) is 2.59. The number of hydrogen-bond acceptors (Lipinski definition) is 6. The van der Waals surface area contributed by atoms with Crippen molar-refractivity contribution in [1.29, 1.82) is 0 Å². The van der Waals surface area contributed by atoms with Crippen molar-refractivity contribution in [2.75, 3.05) is 31.1 Å². The highest BCUT2D eigenvalue weighted by molar-refractivity contribution is 7.11. The van der Waals surface area contributed by atoms with E-state index in [0.29, 0.717) is 0 Å². The molecule has 5 nitrogen and oxygen atoms in total. The van der Waals surface area contributed by atoms with Gasteiger partial charge < -0.3 is 4.90 Å². The first kappa shape index (κ1) is 15.7. The van der Waals surface area contributed by atoms with Gasteiger partial charge in [-0.3, -0.25) is 4.90 Å². The first-order valence-electron chi connectivity index (χ1n) is 9.47. The summed E-state index contributed by atoms with van der Waals surface area (Å²) in [5.74, 6) is 2.66. The number of nitrogens with zero attached hydrogens (tertiary/aromatic N) is 5. The molecular weight excluding hydrogens is 330 g/mol. The molecule has 25 heavy (non-hydrogen) atoms. The summed E-state index contributed by atoms with van der Waals surface area (Å²) >= 11 is 1.97. The van der Waals surface area contributed by atoms with Crippen molar-refractivity contribution >= 4 is 17.2 Å². The minimum absolute atomic E-state index is 0.768. The topological polar surface area (TPSA) is 45.2 Å². The fourth-order valence-corrected chi connectivity index (χ4v) is 5.98. The van der Waals surface area contributed by atoms with Gasteiger partial charge in [0.2, 0.25) is 0 Å². The lowest BCUT2D eigenvalue weighted by Gasteiger charge is -2.22. The largest absolute Gasteiger partial charge is 0.356 e. The summed E-state index contributed by atoms with van der Waals surface area (Å²) in [6, 6.07) is 0. The third-order valence-electron chi connectivity index (χ3n) is 5.98. The van der Waals surface area contributed by atoms with Crippen LogP contribution in [-0.4, -0.2) is 46.0 Å². The molecular formula is C19H25N5S. The molecule has 3 aliphatic rings. The second-order valence-electron chi connectivity index (χ2n) is 7.83. The number of aromatic nitrogens is 3. The number of thiazole rings is 1. The molecule has 4 heterocycles. The Hall–Kier alpha value is -1.53. The van der Waals surface area contributed by atoms with Crippen LogP contribution in [0.1, 0.15) is 34.0 Å². The second-order valence-corrected chi connectivity index (χ2v) is 9.00. The molecule has 0 spiro atoms. The predicted molar refractivity (Wildman–Crippen MR) is 100.0 cm³/mol. The highest BCUT2D eigenvalue weighted by atomic mass is 32.1. The standard InChI is InChI=1S/C19H25N5S/c1-13-6-20-12-21-19(13)24-9-14-7-23(8-15(14)10-24)11-18-22-16-4-2-3-5-17(16)25-18/h6,12,14-15H,2-5,7-11H2,1H3. The van der Waals surface area contributed by atoms with Crippen LogP contribution in [0.25, 0.3) is 0 Å². The van der Waals surface area contributed by atoms with E-state index >= 15 is 0 Å². The zero-order valence-electron chi connectivity index (χ0n) is 14.8. The number of anilines is 1. The van der Waals surface area contributed by atoms with Crippen molar-refractivity contribution < 1.29 is 0 Å². The van der Waals surface area contributed by atoms with Gasteiger partial charge in [-0.1, -0.05) is 0 Å². The van der Waals surface area contributed by atoms with Crippen LogP contribution in [0.15, 0.2) is 12.5 Å². The Bertz CT molecular complexity index is 735. The van der Waals surface area contributed by atoms with E-state index in [0.717, 1.165) is 37.3 Å². The van der Waals surface area contributed by atoms with Crippen molar-refractivity contribution in [1.82, 2.24) is 19.9 Å². The zero-order chi connectivity index (χ0) is 16.8. The van der Waals surface area contributed by atoms with Crippen molar-refractivity contribution in [3.8, 4) is 0 Å². The van der Waals surface area contributed by atoms with Gasteiger partial charge in [-0.2, -0.15) is 0 Å². The molecule has 2 unspecified atom stereocenters. The summed E-state index contributed by atoms with van der Waals surface area (Å²) in [4.78, 5) is 20.2. The molecule has 2 aromatic heterocycles. The van der Waals surface area contributed by atoms with E-state index < -0.39 is 0 Å². The van der Waals surface area contributed by atoms with Gasteiger partial charge >= 0.3 is 0 Å². The number of aryl methyl sites for hydroxylation is 3. The fourth-order valence-electron chi connectivity index (χ4n) is 4.78. The lowest BCUT2D eigenvalue weighted by molar-refractivity contribution is 0.308. The van der Waals surface area contributed by atoms with Gasteiger partial charge in [-0.15, -0.1) is 11.3 Å². The van der Waals surface area contributed by atoms with Crippen LogP contribution in [0, 0.1) is 18.8 Å². The van der Waals surface area contributed by atoms with E-state index in [1.54, 1.807) is 11.2 Å². The quantitative estimate of drug-likeness (QED) is 0.847. The maximum absolute atomic E-state index is 4.93. The van der Waals surface area contributed by atoms with Crippen LogP contribution in [0.3, 0.4) is 0 Å². The van der Waals surface area contributed by atoms with Crippen LogP contribution >= 0.6 is 11.3 Å². The summed E-state index contributed by atoms with van der Waals surface area (Å²) in [6.07, 6.45) is 8.72. The summed E-state index contributed by atoms with van der Waals surface area (Å²) in [6.45, 7) is 7.84. The lowest BCUT2D eigenvalue weighted by atomic mass is 10.0. The molecule has 5 rings (SSSR count). The number of likely N-dealkylation sites (tertiary alicyclic amines) is 1. The molecule has 0 radical (unpaired) electrons. The zero-order valence-corrected chi connectivity index (χ0v) is 15.6. The smallest absolute Gasteiger partial charge is 0.134 e. The molecule has 0 N–H and O–H groups in total. The third kappa shape index (κ3) is 2.95. The summed E-state index contributed by atoms with van der Waals surface area (Å²) in [5, 5.41) is 1.34. The molecule has 6 heteroatoms. The number of hydrogen-bond donors (Lipinski definition) is 0. The van der Waals surface area contributed by atoms with E-state index in [2.05, 4.69) is 26.7 Å². The van der Waals surface area contributed by atoms with Gasteiger partial charge in [0.05, 0.1) is 12.2 Å². The van der Waals surface area contributed by atoms with Gasteiger partial charge in [0.1, 0.15) is 17.2 Å². The van der Waals surface area contributed by atoms with Gasteiger partial charge in [0, 0.05) is 42.8 Å². The van der Waals surface area contributed by atoms with Gasteiger partial charge in [0.15, 0.2) is 0 Å². The van der Waals surface area contributed by atoms with E-state index in [1.165, 1.54) is 55.0 Å². The monoisotopic (exact) mass is 355 g/mol. The van der Waals surface area contributed by atoms with Crippen molar-refractivity contribution in [2.45, 2.75) is 39.2 Å². The molecule has 2 atom stereocenters. The molecule has 2 aliphatic heterocycles. The molecule has 2 aromatic rings. The molecule has 132 valence electrons. The highest BCUT2D eigenvalue weighted by Crippen LogP contribution is 2.35. The Kier molecular flexibility index (Phi) is 3.97. The highest BCUT2D eigenvalue weighted by Gasteiger charge is 2.40. The molecule has 0 saturated carbocycles. The Labute approximate surface area is 153 Å². The van der Waals surface area contributed by atoms with E-state index in [9.17, 15) is 0 Å². The average Bonchev–Trinajstić information content (AvgIpc) is 3.27. The normalized spacial score (nSPS) is 26.0. The van der Waals surface area contributed by atoms with Crippen molar-refractivity contribution in [3.63, 3.8) is 0 Å². The third-order valence-corrected chi connectivity index (χ3v) is 7.12. The summed E-state index contributed by atoms with van der Waals surface area (Å²) in [7, 11) is 0. The van der Waals surface area contributed by atoms with E-state index in [4.69, 9.17) is 4.98 Å². The minimum Gasteiger partial charge on any atom is -0.356 e. The Morgan fingerprint density at radius 1 is 1.12 bits per heavy atom. The van der Waals surface area contributed by atoms with Crippen LogP contribution < -0.4 is 4.90 Å². The number of fused-ring (bicyclic) bond motifs is 2. The number of rotatable bonds is 3. The first-order chi connectivity index (χ1) is 12.3. The van der Waals surface area contributed by atoms with Crippen molar-refractivity contribution in [2.24, 2.45) is 11.8 Å². The Balaban J connectivity index is 1.22. The minimum atomic E-state index is 0.768. The van der Waals surface area contributed by atoms with Gasteiger partial charge in [-0.25, -0.2) is 15.0 Å². The van der Waals surface area contributed by atoms with E-state index in [-0.39, 0.29) is 0 Å². The average molecular weight is 356 g/mol. The molecule has 1 aliphatic carbocycles. The van der Waals surface area contributed by atoms with Crippen LogP contribution in [0.5, 0.6) is 0 Å². The van der Waals surface area contributed by atoms with Crippen LogP contribution in [-0.2, 0) is 19.4 Å². The molecule has 0 bridgehead atoms. The summed E-state index contributed by atoms with van der Waals surface area (Å²) < 4.78 is 0. The maximum atomic E-state index is 4.93. The molecule has 2 saturated heterocycles. The van der Waals surface area contributed by atoms with Crippen LogP contribution in [0.2, 0.25) is 0 Å². The predicted octanol–water partition coefficient (Wildman–Crippen LogP) is 2.69. The fraction of sp³-hybridized carbons (Fsp3) is 0.632. The SMILES string of the molecule is Cc1cncnc1N1CC2CN(Cc3nc4c(s3)CCCC4)CC2C1. The second kappa shape index (κ2) is 6.32. The first-order valence-corrected chi connectivity index (χ1v) is 10.3.